The molecule has 170 valence electrons. The van der Waals surface area contributed by atoms with Crippen molar-refractivity contribution in [3.63, 3.8) is 0 Å². The molecule has 4 aromatic rings. The molecular formula is C28H30N2O3. The highest BCUT2D eigenvalue weighted by atomic mass is 16.5. The van der Waals surface area contributed by atoms with E-state index in [9.17, 15) is 0 Å². The number of aryl methyl sites for hydroxylation is 1. The minimum absolute atomic E-state index is 0.474. The highest BCUT2D eigenvalue weighted by Crippen LogP contribution is 2.28. The van der Waals surface area contributed by atoms with Crippen molar-refractivity contribution in [2.24, 2.45) is 0 Å². The smallest absolute Gasteiger partial charge is 0.218 e. The number of nitrogens with zero attached hydrogens (tertiary/aromatic N) is 2. The van der Waals surface area contributed by atoms with Gasteiger partial charge < -0.3 is 14.2 Å². The molecule has 2 aromatic carbocycles. The number of benzene rings is 2. The molecule has 0 N–H and O–H groups in total. The molecule has 0 amide bonds. The van der Waals surface area contributed by atoms with E-state index in [2.05, 4.69) is 29.0 Å². The van der Waals surface area contributed by atoms with Crippen LogP contribution in [0, 0.1) is 13.8 Å². The van der Waals surface area contributed by atoms with E-state index in [0.29, 0.717) is 43.8 Å². The third-order valence-electron chi connectivity index (χ3n) is 5.61. The quantitative estimate of drug-likeness (QED) is 0.259. The molecule has 2 heterocycles. The molecule has 0 unspecified atom stereocenters. The number of hydrogen-bond donors (Lipinski definition) is 0. The highest BCUT2D eigenvalue weighted by Gasteiger charge is 2.12. The largest absolute Gasteiger partial charge is 0.478 e. The Morgan fingerprint density at radius 3 is 2.03 bits per heavy atom. The van der Waals surface area contributed by atoms with Crippen LogP contribution in [0.1, 0.15) is 35.1 Å². The lowest BCUT2D eigenvalue weighted by Crippen LogP contribution is -2.04. The first kappa shape index (κ1) is 22.7. The number of hydrogen-bond acceptors (Lipinski definition) is 5. The van der Waals surface area contributed by atoms with E-state index in [1.54, 1.807) is 0 Å². The number of ether oxygens (including phenoxy) is 3. The first-order valence-electron chi connectivity index (χ1n) is 11.4. The van der Waals surface area contributed by atoms with Gasteiger partial charge in [0.25, 0.3) is 0 Å². The lowest BCUT2D eigenvalue weighted by atomic mass is 10.1. The summed E-state index contributed by atoms with van der Waals surface area (Å²) in [7, 11) is 0. The van der Waals surface area contributed by atoms with Gasteiger partial charge in [0.1, 0.15) is 6.61 Å². The second-order valence-electron chi connectivity index (χ2n) is 8.06. The molecule has 0 radical (unpaired) electrons. The van der Waals surface area contributed by atoms with Gasteiger partial charge in [-0.15, -0.1) is 0 Å². The minimum Gasteiger partial charge on any atom is -0.478 e. The zero-order chi connectivity index (χ0) is 22.9. The monoisotopic (exact) mass is 442 g/mol. The molecule has 0 saturated carbocycles. The summed E-state index contributed by atoms with van der Waals surface area (Å²) in [4.78, 5) is 9.30. The maximum atomic E-state index is 6.01. The molecule has 0 aliphatic heterocycles. The predicted molar refractivity (Wildman–Crippen MR) is 131 cm³/mol. The van der Waals surface area contributed by atoms with Crippen molar-refractivity contribution < 1.29 is 14.2 Å². The van der Waals surface area contributed by atoms with Gasteiger partial charge in [-0.05, 0) is 49.4 Å². The molecule has 4 rings (SSSR count). The zero-order valence-corrected chi connectivity index (χ0v) is 19.3. The first-order valence-corrected chi connectivity index (χ1v) is 11.4. The van der Waals surface area contributed by atoms with Gasteiger partial charge in [-0.2, -0.15) is 9.97 Å². The molecule has 0 aliphatic carbocycles. The molecule has 0 saturated heterocycles. The number of fused-ring (bicyclic) bond motifs is 1. The second kappa shape index (κ2) is 11.4. The lowest BCUT2D eigenvalue weighted by molar-refractivity contribution is 0.113. The summed E-state index contributed by atoms with van der Waals surface area (Å²) in [6.07, 6.45) is 1.84. The molecule has 5 heteroatoms. The van der Waals surface area contributed by atoms with Crippen LogP contribution in [-0.2, 0) is 18.0 Å². The normalized spacial score (nSPS) is 11.0. The van der Waals surface area contributed by atoms with Crippen LogP contribution >= 0.6 is 0 Å². The summed E-state index contributed by atoms with van der Waals surface area (Å²) in [6.45, 7) is 6.54. The van der Waals surface area contributed by atoms with Crippen LogP contribution in [0.2, 0.25) is 0 Å². The van der Waals surface area contributed by atoms with Crippen LogP contribution in [0.5, 0.6) is 11.8 Å². The Bertz CT molecular complexity index is 1160. The van der Waals surface area contributed by atoms with Crippen molar-refractivity contribution in [3.8, 4) is 11.8 Å². The molecule has 0 atom stereocenters. The van der Waals surface area contributed by atoms with Crippen LogP contribution in [0.25, 0.3) is 11.0 Å². The van der Waals surface area contributed by atoms with Crippen LogP contribution in [0.15, 0.2) is 72.8 Å². The second-order valence-corrected chi connectivity index (χ2v) is 8.06. The van der Waals surface area contributed by atoms with E-state index in [4.69, 9.17) is 14.2 Å². The molecule has 33 heavy (non-hydrogen) atoms. The van der Waals surface area contributed by atoms with Crippen LogP contribution in [-0.4, -0.2) is 23.2 Å². The van der Waals surface area contributed by atoms with Crippen LogP contribution in [0.3, 0.4) is 0 Å². The van der Waals surface area contributed by atoms with Crippen molar-refractivity contribution in [1.29, 1.82) is 0 Å². The topological polar surface area (TPSA) is 53.5 Å². The van der Waals surface area contributed by atoms with Crippen molar-refractivity contribution in [2.75, 3.05) is 13.2 Å². The van der Waals surface area contributed by atoms with Gasteiger partial charge in [0.15, 0.2) is 5.65 Å². The first-order chi connectivity index (χ1) is 16.2. The van der Waals surface area contributed by atoms with Gasteiger partial charge in [-0.3, -0.25) is 0 Å². The third kappa shape index (κ3) is 6.30. The summed E-state index contributed by atoms with van der Waals surface area (Å²) >= 11 is 0. The van der Waals surface area contributed by atoms with Crippen LogP contribution < -0.4 is 9.47 Å². The molecule has 0 aliphatic rings. The van der Waals surface area contributed by atoms with Gasteiger partial charge in [-0.25, -0.2) is 0 Å². The van der Waals surface area contributed by atoms with Gasteiger partial charge in [0, 0.05) is 23.6 Å². The Kier molecular flexibility index (Phi) is 7.88. The van der Waals surface area contributed by atoms with E-state index >= 15 is 0 Å². The Balaban J connectivity index is 1.29. The zero-order valence-electron chi connectivity index (χ0n) is 19.3. The number of aromatic nitrogens is 2. The van der Waals surface area contributed by atoms with Crippen molar-refractivity contribution in [2.45, 2.75) is 39.9 Å². The summed E-state index contributed by atoms with van der Waals surface area (Å²) in [5.74, 6) is 1.20. The average molecular weight is 443 g/mol. The van der Waals surface area contributed by atoms with E-state index in [1.807, 2.05) is 67.6 Å². The maximum Gasteiger partial charge on any atom is 0.218 e. The molecular weight excluding hydrogens is 412 g/mol. The number of unbranched alkanes of at least 4 members (excludes halogenated alkanes) is 1. The average Bonchev–Trinajstić information content (AvgIpc) is 2.86. The van der Waals surface area contributed by atoms with Gasteiger partial charge in [0.05, 0.1) is 13.2 Å². The fourth-order valence-electron chi connectivity index (χ4n) is 3.55. The Morgan fingerprint density at radius 1 is 0.636 bits per heavy atom. The summed E-state index contributed by atoms with van der Waals surface area (Å²) in [5, 5.41) is 1.02. The number of pyridine rings is 2. The summed E-state index contributed by atoms with van der Waals surface area (Å²) in [6, 6.07) is 24.2. The summed E-state index contributed by atoms with van der Waals surface area (Å²) < 4.78 is 17.6. The Hall–Kier alpha value is -3.44. The fourth-order valence-corrected chi connectivity index (χ4v) is 3.55. The van der Waals surface area contributed by atoms with Crippen molar-refractivity contribution >= 4 is 11.0 Å². The molecule has 2 aromatic heterocycles. The third-order valence-corrected chi connectivity index (χ3v) is 5.61. The lowest BCUT2D eigenvalue weighted by Gasteiger charge is -2.13. The summed E-state index contributed by atoms with van der Waals surface area (Å²) in [5.41, 5.74) is 5.10. The van der Waals surface area contributed by atoms with Gasteiger partial charge >= 0.3 is 0 Å². The van der Waals surface area contributed by atoms with Crippen molar-refractivity contribution in [3.05, 3.63) is 95.1 Å². The Morgan fingerprint density at radius 2 is 1.30 bits per heavy atom. The SMILES string of the molecule is Cc1c(OCc2ccccc2)nc2nc(OCCCCOCc3ccccc3)ccc2c1C. The molecule has 0 spiro atoms. The predicted octanol–water partition coefficient (Wildman–Crippen LogP) is 6.20. The standard InChI is InChI=1S/C28H30N2O3/c1-21-22(2)28(33-20-24-13-7-4-8-14-24)30-27-25(21)15-16-26(29-27)32-18-10-9-17-31-19-23-11-5-3-6-12-23/h3-8,11-16H,9-10,17-20H2,1-2H3. The fraction of sp³-hybridized carbons (Fsp3) is 0.286. The van der Waals surface area contributed by atoms with E-state index in [-0.39, 0.29) is 0 Å². The molecule has 5 nitrogen and oxygen atoms in total. The highest BCUT2D eigenvalue weighted by molar-refractivity contribution is 5.81. The van der Waals surface area contributed by atoms with Gasteiger partial charge in [0.2, 0.25) is 11.8 Å². The molecule has 0 fully saturated rings. The molecule has 0 bridgehead atoms. The minimum atomic E-state index is 0.474. The Labute approximate surface area is 195 Å². The van der Waals surface area contributed by atoms with Crippen molar-refractivity contribution in [1.82, 2.24) is 9.97 Å². The number of rotatable bonds is 11. The van der Waals surface area contributed by atoms with Crippen LogP contribution in [0.4, 0.5) is 0 Å². The van der Waals surface area contributed by atoms with Gasteiger partial charge in [-0.1, -0.05) is 60.7 Å². The van der Waals surface area contributed by atoms with E-state index in [1.165, 1.54) is 5.56 Å². The van der Waals surface area contributed by atoms with E-state index in [0.717, 1.165) is 34.9 Å². The van der Waals surface area contributed by atoms with E-state index < -0.39 is 0 Å². The maximum absolute atomic E-state index is 6.01.